The molecule has 0 spiro atoms. The summed E-state index contributed by atoms with van der Waals surface area (Å²) in [6, 6.07) is 38.2. The quantitative estimate of drug-likeness (QED) is 0.0715. The number of rotatable bonds is 12. The van der Waals surface area contributed by atoms with Crippen molar-refractivity contribution in [1.29, 1.82) is 0 Å². The largest absolute Gasteiger partial charge is 0.490 e. The van der Waals surface area contributed by atoms with E-state index in [0.29, 0.717) is 11.5 Å². The van der Waals surface area contributed by atoms with Gasteiger partial charge in [0.2, 0.25) is 0 Å². The van der Waals surface area contributed by atoms with Gasteiger partial charge >= 0.3 is 11.9 Å². The van der Waals surface area contributed by atoms with Gasteiger partial charge in [-0.2, -0.15) is 0 Å². The van der Waals surface area contributed by atoms with Crippen LogP contribution in [0, 0.1) is 0 Å². The lowest BCUT2D eigenvalue weighted by Gasteiger charge is -2.39. The van der Waals surface area contributed by atoms with Gasteiger partial charge in [0, 0.05) is 12.2 Å². The zero-order valence-corrected chi connectivity index (χ0v) is 30.0. The van der Waals surface area contributed by atoms with Gasteiger partial charge in [0.15, 0.2) is 0 Å². The van der Waals surface area contributed by atoms with E-state index in [2.05, 4.69) is 122 Å². The number of allylic oxidation sites excluding steroid dienone is 5. The highest BCUT2D eigenvalue weighted by molar-refractivity contribution is 5.91. The third-order valence-electron chi connectivity index (χ3n) is 9.81. The molecule has 0 saturated heterocycles. The topological polar surface area (TPSA) is 71.1 Å². The number of fused-ring (bicyclic) bond motifs is 5. The van der Waals surface area contributed by atoms with Crippen molar-refractivity contribution in [2.75, 3.05) is 26.4 Å². The second-order valence-corrected chi connectivity index (χ2v) is 13.0. The molecule has 0 unspecified atom stereocenters. The Kier molecular flexibility index (Phi) is 10.5. The van der Waals surface area contributed by atoms with Gasteiger partial charge in [-0.3, -0.25) is 0 Å². The number of hydrogen-bond donors (Lipinski definition) is 0. The molecule has 0 heterocycles. The summed E-state index contributed by atoms with van der Waals surface area (Å²) in [5.41, 5.74) is 4.76. The molecule has 0 aromatic heterocycles. The summed E-state index contributed by atoms with van der Waals surface area (Å²) >= 11 is 0. The maximum Gasteiger partial charge on any atom is 0.330 e. The Morgan fingerprint density at radius 2 is 1.15 bits per heavy atom. The van der Waals surface area contributed by atoms with Crippen molar-refractivity contribution in [1.82, 2.24) is 0 Å². The average Bonchev–Trinajstić information content (AvgIpc) is 3.28. The summed E-state index contributed by atoms with van der Waals surface area (Å²) in [6.45, 7) is 12.4. The number of benzene rings is 6. The van der Waals surface area contributed by atoms with Crippen LogP contribution in [-0.4, -0.2) is 38.4 Å². The van der Waals surface area contributed by atoms with Crippen LogP contribution in [0.1, 0.15) is 22.3 Å². The lowest BCUT2D eigenvalue weighted by molar-refractivity contribution is -0.139. The molecule has 0 bridgehead atoms. The van der Waals surface area contributed by atoms with E-state index in [0.717, 1.165) is 56.8 Å². The lowest BCUT2D eigenvalue weighted by atomic mass is 9.63. The van der Waals surface area contributed by atoms with Gasteiger partial charge in [0.05, 0.1) is 5.41 Å². The Morgan fingerprint density at radius 1 is 0.611 bits per heavy atom. The van der Waals surface area contributed by atoms with Crippen LogP contribution in [0.3, 0.4) is 0 Å². The van der Waals surface area contributed by atoms with E-state index in [4.69, 9.17) is 25.5 Å². The summed E-state index contributed by atoms with van der Waals surface area (Å²) < 4.78 is 22.0. The van der Waals surface area contributed by atoms with Crippen LogP contribution in [0.15, 0.2) is 171 Å². The zero-order chi connectivity index (χ0) is 37.5. The first-order valence-electron chi connectivity index (χ1n) is 17.9. The highest BCUT2D eigenvalue weighted by Crippen LogP contribution is 2.49. The van der Waals surface area contributed by atoms with Crippen molar-refractivity contribution >= 4 is 44.3 Å². The maximum atomic E-state index is 11.4. The Balaban J connectivity index is 1.35. The van der Waals surface area contributed by atoms with Crippen LogP contribution < -0.4 is 9.47 Å². The molecule has 6 nitrogen and oxygen atoms in total. The highest BCUT2D eigenvalue weighted by Gasteiger charge is 2.40. The molecule has 7 rings (SSSR count). The minimum absolute atomic E-state index is 0.135. The van der Waals surface area contributed by atoms with Crippen molar-refractivity contribution in [3.8, 4) is 11.5 Å². The van der Waals surface area contributed by atoms with Gasteiger partial charge in [0.25, 0.3) is 0 Å². The molecule has 0 radical (unpaired) electrons. The highest BCUT2D eigenvalue weighted by atomic mass is 16.6. The molecular formula is C48H40O6. The van der Waals surface area contributed by atoms with Crippen molar-refractivity contribution in [3.63, 3.8) is 0 Å². The lowest BCUT2D eigenvalue weighted by Crippen LogP contribution is -2.32. The maximum absolute atomic E-state index is 11.4. The van der Waals surface area contributed by atoms with E-state index in [9.17, 15) is 9.59 Å². The molecule has 1 aliphatic carbocycles. The van der Waals surface area contributed by atoms with E-state index in [1.807, 2.05) is 24.3 Å². The fourth-order valence-corrected chi connectivity index (χ4v) is 7.30. The fraction of sp³-hybridized carbons (Fsp3) is 0.125. The predicted octanol–water partition coefficient (Wildman–Crippen LogP) is 9.92. The van der Waals surface area contributed by atoms with Gasteiger partial charge in [-0.1, -0.05) is 117 Å². The van der Waals surface area contributed by atoms with Crippen LogP contribution in [0.4, 0.5) is 0 Å². The van der Waals surface area contributed by atoms with Crippen LogP contribution in [0.2, 0.25) is 0 Å². The summed E-state index contributed by atoms with van der Waals surface area (Å²) in [5, 5.41) is 6.54. The molecule has 0 N–H and O–H groups in total. The average molecular weight is 713 g/mol. The monoisotopic (exact) mass is 712 g/mol. The smallest absolute Gasteiger partial charge is 0.330 e. The van der Waals surface area contributed by atoms with Gasteiger partial charge < -0.3 is 18.9 Å². The standard InChI is InChI=1S/C48H40O6/c1-4-46(49)53-27-25-51-41-22-17-35-29-39(20-15-37(35)31-41)48(33(3)11-7-6-8-14-44-43-13-10-9-12-34(43)19-24-45(44)48)40-21-16-38-32-42(23-18-36(38)30-40)52-26-28-54-47(50)5-2/h4-13,15-24,29-32H,1-3,14,25-28H2/b8-6-,11-7-. The number of esters is 2. The zero-order valence-electron chi connectivity index (χ0n) is 30.0. The number of ether oxygens (including phenoxy) is 4. The van der Waals surface area contributed by atoms with Gasteiger partial charge in [-0.25, -0.2) is 9.59 Å². The third-order valence-corrected chi connectivity index (χ3v) is 9.81. The second-order valence-electron chi connectivity index (χ2n) is 13.0. The Hall–Kier alpha value is -6.66. The van der Waals surface area contributed by atoms with Crippen molar-refractivity contribution in [3.05, 3.63) is 193 Å². The number of carbonyl (C=O) groups excluding carboxylic acids is 2. The van der Waals surface area contributed by atoms with Crippen LogP contribution in [0.25, 0.3) is 32.3 Å². The van der Waals surface area contributed by atoms with E-state index >= 15 is 0 Å². The SMILES string of the molecule is C=CC(=O)OCCOc1ccc2cc(C3(c4ccc5cc(OCCOC(=O)C=C)ccc5c4)C(=C)/C=C\C=C/Cc4c3ccc3ccccc43)ccc2c1. The molecule has 268 valence electrons. The van der Waals surface area contributed by atoms with Crippen molar-refractivity contribution in [2.24, 2.45) is 0 Å². The second kappa shape index (κ2) is 15.9. The molecule has 6 aromatic rings. The molecule has 0 aliphatic heterocycles. The minimum atomic E-state index is -0.765. The first-order chi connectivity index (χ1) is 26.4. The normalized spacial score (nSPS) is 14.6. The number of carbonyl (C=O) groups is 2. The van der Waals surface area contributed by atoms with Crippen molar-refractivity contribution in [2.45, 2.75) is 11.8 Å². The molecule has 6 aromatic carbocycles. The Labute approximate surface area is 314 Å². The van der Waals surface area contributed by atoms with E-state index in [1.165, 1.54) is 21.9 Å². The molecule has 0 amide bonds. The van der Waals surface area contributed by atoms with E-state index < -0.39 is 17.4 Å². The summed E-state index contributed by atoms with van der Waals surface area (Å²) in [7, 11) is 0. The summed E-state index contributed by atoms with van der Waals surface area (Å²) in [5.74, 6) is 0.424. The Bertz CT molecular complexity index is 2370. The van der Waals surface area contributed by atoms with Crippen LogP contribution in [-0.2, 0) is 30.9 Å². The first kappa shape index (κ1) is 35.7. The minimum Gasteiger partial charge on any atom is -0.490 e. The van der Waals surface area contributed by atoms with E-state index in [-0.39, 0.29) is 26.4 Å². The molecule has 0 atom stereocenters. The fourth-order valence-electron chi connectivity index (χ4n) is 7.30. The molecule has 0 saturated carbocycles. The predicted molar refractivity (Wildman–Crippen MR) is 216 cm³/mol. The molecule has 6 heteroatoms. The molecule has 0 fully saturated rings. The molecule has 54 heavy (non-hydrogen) atoms. The van der Waals surface area contributed by atoms with Crippen molar-refractivity contribution < 1.29 is 28.5 Å². The first-order valence-corrected chi connectivity index (χ1v) is 17.9. The van der Waals surface area contributed by atoms with Crippen LogP contribution in [0.5, 0.6) is 11.5 Å². The summed E-state index contributed by atoms with van der Waals surface area (Å²) in [6.07, 6.45) is 11.6. The Morgan fingerprint density at radius 3 is 1.74 bits per heavy atom. The van der Waals surface area contributed by atoms with Gasteiger partial charge in [-0.15, -0.1) is 0 Å². The summed E-state index contributed by atoms with van der Waals surface area (Å²) in [4.78, 5) is 22.9. The van der Waals surface area contributed by atoms with E-state index in [1.54, 1.807) is 0 Å². The van der Waals surface area contributed by atoms with Gasteiger partial charge in [-0.05, 0) is 103 Å². The van der Waals surface area contributed by atoms with Gasteiger partial charge in [0.1, 0.15) is 37.9 Å². The van der Waals surface area contributed by atoms with Crippen LogP contribution >= 0.6 is 0 Å². The molecular weight excluding hydrogens is 673 g/mol. The number of hydrogen-bond acceptors (Lipinski definition) is 6. The molecule has 1 aliphatic rings. The third kappa shape index (κ3) is 7.19.